The standard InChI is InChI=1S/C23H31N3O2S2/c1-17-16-25(23(20-5-3-13-29-20)21-6-4-14-30-21)11-12-26(17)22(28)15-19-7-9-24(10-8-19)18(2)27/h3-6,13-14,17,19,23H,7-12,15-16H2,1-2H3. The lowest BCUT2D eigenvalue weighted by Crippen LogP contribution is -2.55. The van der Waals surface area contributed by atoms with Crippen LogP contribution in [0.15, 0.2) is 35.0 Å². The van der Waals surface area contributed by atoms with Gasteiger partial charge in [0.15, 0.2) is 0 Å². The highest BCUT2D eigenvalue weighted by atomic mass is 32.1. The molecular weight excluding hydrogens is 414 g/mol. The number of likely N-dealkylation sites (tertiary alicyclic amines) is 1. The summed E-state index contributed by atoms with van der Waals surface area (Å²) in [7, 11) is 0. The van der Waals surface area contributed by atoms with Crippen LogP contribution in [0.1, 0.15) is 48.9 Å². The van der Waals surface area contributed by atoms with Crippen molar-refractivity contribution in [3.8, 4) is 0 Å². The highest BCUT2D eigenvalue weighted by Crippen LogP contribution is 2.36. The number of carbonyl (C=O) groups is 2. The van der Waals surface area contributed by atoms with Gasteiger partial charge in [0, 0.05) is 61.9 Å². The predicted molar refractivity (Wildman–Crippen MR) is 123 cm³/mol. The second kappa shape index (κ2) is 9.62. The van der Waals surface area contributed by atoms with Gasteiger partial charge in [-0.2, -0.15) is 0 Å². The lowest BCUT2D eigenvalue weighted by atomic mass is 9.92. The summed E-state index contributed by atoms with van der Waals surface area (Å²) in [5.74, 6) is 0.839. The maximum absolute atomic E-state index is 13.1. The molecule has 4 heterocycles. The molecule has 0 aliphatic carbocycles. The molecule has 1 unspecified atom stereocenters. The fourth-order valence-electron chi connectivity index (χ4n) is 4.80. The molecule has 1 atom stereocenters. The van der Waals surface area contributed by atoms with Crippen molar-refractivity contribution >= 4 is 34.5 Å². The third-order valence-corrected chi connectivity index (χ3v) is 8.34. The second-order valence-electron chi connectivity index (χ2n) is 8.52. The zero-order chi connectivity index (χ0) is 21.1. The van der Waals surface area contributed by atoms with E-state index in [-0.39, 0.29) is 17.9 Å². The van der Waals surface area contributed by atoms with E-state index in [0.717, 1.165) is 45.6 Å². The molecule has 0 spiro atoms. The summed E-state index contributed by atoms with van der Waals surface area (Å²) in [4.78, 5) is 33.9. The van der Waals surface area contributed by atoms with Crippen molar-refractivity contribution in [2.24, 2.45) is 5.92 Å². The minimum absolute atomic E-state index is 0.149. The Hall–Kier alpha value is -1.70. The van der Waals surface area contributed by atoms with E-state index in [1.807, 2.05) is 27.6 Å². The molecule has 0 radical (unpaired) electrons. The van der Waals surface area contributed by atoms with E-state index in [4.69, 9.17) is 0 Å². The summed E-state index contributed by atoms with van der Waals surface area (Å²) >= 11 is 3.63. The van der Waals surface area contributed by atoms with Crippen LogP contribution in [0.25, 0.3) is 0 Å². The molecule has 0 N–H and O–H groups in total. The van der Waals surface area contributed by atoms with E-state index in [1.54, 1.807) is 6.92 Å². The number of thiophene rings is 2. The van der Waals surface area contributed by atoms with Gasteiger partial charge in [0.2, 0.25) is 11.8 Å². The third-order valence-electron chi connectivity index (χ3n) is 6.49. The van der Waals surface area contributed by atoms with Gasteiger partial charge in [-0.1, -0.05) is 12.1 Å². The number of nitrogens with zero attached hydrogens (tertiary/aromatic N) is 3. The summed E-state index contributed by atoms with van der Waals surface area (Å²) in [6.45, 7) is 7.99. The van der Waals surface area contributed by atoms with E-state index in [9.17, 15) is 9.59 Å². The smallest absolute Gasteiger partial charge is 0.223 e. The Morgan fingerprint density at radius 3 is 2.17 bits per heavy atom. The quantitative estimate of drug-likeness (QED) is 0.697. The van der Waals surface area contributed by atoms with Crippen LogP contribution in [0.3, 0.4) is 0 Å². The monoisotopic (exact) mass is 445 g/mol. The topological polar surface area (TPSA) is 43.9 Å². The minimum Gasteiger partial charge on any atom is -0.343 e. The molecule has 2 aromatic heterocycles. The first kappa shape index (κ1) is 21.5. The van der Waals surface area contributed by atoms with Crippen LogP contribution >= 0.6 is 22.7 Å². The van der Waals surface area contributed by atoms with Crippen LogP contribution in [0.4, 0.5) is 0 Å². The van der Waals surface area contributed by atoms with Gasteiger partial charge in [-0.25, -0.2) is 0 Å². The van der Waals surface area contributed by atoms with Gasteiger partial charge >= 0.3 is 0 Å². The highest BCUT2D eigenvalue weighted by molar-refractivity contribution is 7.11. The van der Waals surface area contributed by atoms with Gasteiger partial charge in [-0.3, -0.25) is 14.5 Å². The molecule has 0 saturated carbocycles. The molecule has 4 rings (SSSR count). The van der Waals surface area contributed by atoms with E-state index in [0.29, 0.717) is 18.4 Å². The normalized spacial score (nSPS) is 21.4. The Balaban J connectivity index is 1.36. The number of amides is 2. The predicted octanol–water partition coefficient (Wildman–Crippen LogP) is 4.08. The van der Waals surface area contributed by atoms with Crippen molar-refractivity contribution in [1.29, 1.82) is 0 Å². The van der Waals surface area contributed by atoms with E-state index in [1.165, 1.54) is 9.75 Å². The summed E-state index contributed by atoms with van der Waals surface area (Å²) in [5, 5.41) is 4.30. The van der Waals surface area contributed by atoms with Crippen LogP contribution in [0.2, 0.25) is 0 Å². The van der Waals surface area contributed by atoms with Crippen LogP contribution in [0.5, 0.6) is 0 Å². The number of carbonyl (C=O) groups excluding carboxylic acids is 2. The van der Waals surface area contributed by atoms with Crippen LogP contribution < -0.4 is 0 Å². The number of hydrogen-bond acceptors (Lipinski definition) is 5. The molecule has 2 aliphatic rings. The maximum Gasteiger partial charge on any atom is 0.223 e. The van der Waals surface area contributed by atoms with E-state index < -0.39 is 0 Å². The SMILES string of the molecule is CC(=O)N1CCC(CC(=O)N2CCN(C(c3cccs3)c3cccs3)CC2C)CC1. The summed E-state index contributed by atoms with van der Waals surface area (Å²) in [5.41, 5.74) is 0. The lowest BCUT2D eigenvalue weighted by Gasteiger charge is -2.43. The Morgan fingerprint density at radius 1 is 1.03 bits per heavy atom. The molecule has 2 aromatic rings. The first-order valence-electron chi connectivity index (χ1n) is 10.9. The van der Waals surface area contributed by atoms with Crippen molar-refractivity contribution in [1.82, 2.24) is 14.7 Å². The zero-order valence-electron chi connectivity index (χ0n) is 17.8. The second-order valence-corrected chi connectivity index (χ2v) is 10.5. The number of rotatable bonds is 5. The average molecular weight is 446 g/mol. The minimum atomic E-state index is 0.149. The van der Waals surface area contributed by atoms with Crippen molar-refractivity contribution in [3.05, 3.63) is 44.8 Å². The van der Waals surface area contributed by atoms with Gasteiger partial charge in [-0.15, -0.1) is 22.7 Å². The average Bonchev–Trinajstić information content (AvgIpc) is 3.44. The summed E-state index contributed by atoms with van der Waals surface area (Å²) < 4.78 is 0. The molecule has 5 nitrogen and oxygen atoms in total. The maximum atomic E-state index is 13.1. The molecule has 2 aliphatic heterocycles. The van der Waals surface area contributed by atoms with Crippen molar-refractivity contribution < 1.29 is 9.59 Å². The first-order valence-corrected chi connectivity index (χ1v) is 12.6. The van der Waals surface area contributed by atoms with Crippen molar-refractivity contribution in [3.63, 3.8) is 0 Å². The Labute approximate surface area is 187 Å². The van der Waals surface area contributed by atoms with Crippen molar-refractivity contribution in [2.45, 2.75) is 45.2 Å². The van der Waals surface area contributed by atoms with Crippen LogP contribution in [0, 0.1) is 5.92 Å². The fourth-order valence-corrected chi connectivity index (χ4v) is 6.63. The Bertz CT molecular complexity index is 795. The highest BCUT2D eigenvalue weighted by Gasteiger charge is 2.34. The van der Waals surface area contributed by atoms with Gasteiger partial charge in [0.25, 0.3) is 0 Å². The van der Waals surface area contributed by atoms with E-state index >= 15 is 0 Å². The zero-order valence-corrected chi connectivity index (χ0v) is 19.5. The first-order chi connectivity index (χ1) is 14.5. The largest absolute Gasteiger partial charge is 0.343 e. The van der Waals surface area contributed by atoms with Crippen LogP contribution in [-0.4, -0.2) is 65.3 Å². The summed E-state index contributed by atoms with van der Waals surface area (Å²) in [6, 6.07) is 9.21. The summed E-state index contributed by atoms with van der Waals surface area (Å²) in [6.07, 6.45) is 2.51. The molecule has 2 fully saturated rings. The van der Waals surface area contributed by atoms with Crippen LogP contribution in [-0.2, 0) is 9.59 Å². The molecule has 162 valence electrons. The molecule has 7 heteroatoms. The molecule has 2 saturated heterocycles. The van der Waals surface area contributed by atoms with E-state index in [2.05, 4.69) is 51.7 Å². The Kier molecular flexibility index (Phi) is 6.91. The third kappa shape index (κ3) is 4.79. The number of piperidine rings is 1. The molecule has 0 bridgehead atoms. The number of piperazine rings is 1. The Morgan fingerprint density at radius 2 is 1.67 bits per heavy atom. The molecular formula is C23H31N3O2S2. The number of hydrogen-bond donors (Lipinski definition) is 0. The molecule has 30 heavy (non-hydrogen) atoms. The fraction of sp³-hybridized carbons (Fsp3) is 0.565. The van der Waals surface area contributed by atoms with Gasteiger partial charge in [-0.05, 0) is 48.6 Å². The molecule has 2 amide bonds. The van der Waals surface area contributed by atoms with Gasteiger partial charge in [0.05, 0.1) is 6.04 Å². The lowest BCUT2D eigenvalue weighted by molar-refractivity contribution is -0.137. The molecule has 0 aromatic carbocycles. The van der Waals surface area contributed by atoms with Gasteiger partial charge in [0.1, 0.15) is 0 Å². The van der Waals surface area contributed by atoms with Crippen molar-refractivity contribution in [2.75, 3.05) is 32.7 Å². The van der Waals surface area contributed by atoms with Gasteiger partial charge < -0.3 is 9.80 Å².